The van der Waals surface area contributed by atoms with Crippen molar-refractivity contribution in [2.75, 3.05) is 47.4 Å². The fraction of sp³-hybridized carbons (Fsp3) is 0.458. The van der Waals surface area contributed by atoms with Crippen molar-refractivity contribution in [1.82, 2.24) is 15.5 Å². The fourth-order valence-corrected chi connectivity index (χ4v) is 3.00. The molecule has 2 rings (SSSR count). The van der Waals surface area contributed by atoms with Crippen LogP contribution in [-0.4, -0.2) is 58.3 Å². The van der Waals surface area contributed by atoms with Crippen LogP contribution in [0.25, 0.3) is 0 Å². The van der Waals surface area contributed by atoms with Crippen LogP contribution in [0.1, 0.15) is 24.5 Å². The van der Waals surface area contributed by atoms with Gasteiger partial charge in [-0.25, -0.2) is 4.99 Å². The largest absolute Gasteiger partial charge is 0.496 e. The molecule has 30 heavy (non-hydrogen) atoms. The van der Waals surface area contributed by atoms with Crippen LogP contribution >= 0.6 is 0 Å². The van der Waals surface area contributed by atoms with Crippen molar-refractivity contribution in [1.29, 1.82) is 0 Å². The Morgan fingerprint density at radius 3 is 2.50 bits per heavy atom. The van der Waals surface area contributed by atoms with Crippen molar-refractivity contribution >= 4 is 5.96 Å². The van der Waals surface area contributed by atoms with Gasteiger partial charge in [0.25, 0.3) is 0 Å². The minimum Gasteiger partial charge on any atom is -0.496 e. The highest BCUT2D eigenvalue weighted by Crippen LogP contribution is 2.17. The van der Waals surface area contributed by atoms with E-state index in [0.717, 1.165) is 62.1 Å². The molecule has 2 aromatic carbocycles. The number of nitrogens with zero attached hydrogens (tertiary/aromatic N) is 2. The molecule has 0 bridgehead atoms. The number of nitrogens with one attached hydrogen (secondary N) is 2. The van der Waals surface area contributed by atoms with Crippen molar-refractivity contribution in [2.24, 2.45) is 4.99 Å². The van der Waals surface area contributed by atoms with E-state index in [9.17, 15) is 0 Å². The molecule has 6 nitrogen and oxygen atoms in total. The van der Waals surface area contributed by atoms with Crippen LogP contribution in [0.3, 0.4) is 0 Å². The van der Waals surface area contributed by atoms with E-state index >= 15 is 0 Å². The number of rotatable bonds is 12. The smallest absolute Gasteiger partial charge is 0.191 e. The van der Waals surface area contributed by atoms with Crippen LogP contribution in [0.2, 0.25) is 0 Å². The van der Waals surface area contributed by atoms with Gasteiger partial charge in [0.15, 0.2) is 5.96 Å². The summed E-state index contributed by atoms with van der Waals surface area (Å²) in [6, 6.07) is 16.3. The summed E-state index contributed by atoms with van der Waals surface area (Å²) in [7, 11) is 5.85. The molecule has 0 aliphatic heterocycles. The number of hydrogen-bond acceptors (Lipinski definition) is 4. The second-order valence-electron chi connectivity index (χ2n) is 7.33. The lowest BCUT2D eigenvalue weighted by atomic mass is 10.1. The second kappa shape index (κ2) is 13.5. The maximum atomic E-state index is 5.79. The van der Waals surface area contributed by atoms with Gasteiger partial charge in [-0.05, 0) is 63.2 Å². The van der Waals surface area contributed by atoms with Gasteiger partial charge in [0.05, 0.1) is 20.3 Å². The Balaban J connectivity index is 1.82. The van der Waals surface area contributed by atoms with Gasteiger partial charge in [-0.1, -0.05) is 30.3 Å². The maximum Gasteiger partial charge on any atom is 0.191 e. The Labute approximate surface area is 181 Å². The summed E-state index contributed by atoms with van der Waals surface area (Å²) in [6.07, 6.45) is 1.89. The molecule has 0 saturated heterocycles. The molecule has 0 spiro atoms. The summed E-state index contributed by atoms with van der Waals surface area (Å²) < 4.78 is 11.2. The van der Waals surface area contributed by atoms with Crippen LogP contribution in [0, 0.1) is 0 Å². The van der Waals surface area contributed by atoms with Gasteiger partial charge in [0.2, 0.25) is 0 Å². The molecule has 0 unspecified atom stereocenters. The average molecular weight is 413 g/mol. The second-order valence-corrected chi connectivity index (χ2v) is 7.33. The molecule has 164 valence electrons. The van der Waals surface area contributed by atoms with Crippen molar-refractivity contribution < 1.29 is 9.47 Å². The Bertz CT molecular complexity index is 760. The molecule has 0 aliphatic rings. The Hall–Kier alpha value is -2.73. The van der Waals surface area contributed by atoms with E-state index in [1.165, 1.54) is 5.56 Å². The average Bonchev–Trinajstić information content (AvgIpc) is 2.76. The first-order chi connectivity index (χ1) is 14.6. The molecule has 6 heteroatoms. The van der Waals surface area contributed by atoms with Crippen molar-refractivity contribution in [3.8, 4) is 11.5 Å². The zero-order chi connectivity index (χ0) is 21.6. The highest BCUT2D eigenvalue weighted by atomic mass is 16.5. The van der Waals surface area contributed by atoms with E-state index < -0.39 is 0 Å². The first-order valence-corrected chi connectivity index (χ1v) is 10.6. The predicted octanol–water partition coefficient (Wildman–Crippen LogP) is 3.32. The van der Waals surface area contributed by atoms with Gasteiger partial charge >= 0.3 is 0 Å². The van der Waals surface area contributed by atoms with Gasteiger partial charge in [-0.2, -0.15) is 0 Å². The van der Waals surface area contributed by atoms with Gasteiger partial charge in [0, 0.05) is 19.6 Å². The summed E-state index contributed by atoms with van der Waals surface area (Å²) in [4.78, 5) is 6.86. The van der Waals surface area contributed by atoms with E-state index in [1.54, 1.807) is 7.11 Å². The van der Waals surface area contributed by atoms with Gasteiger partial charge in [-0.15, -0.1) is 0 Å². The third-order valence-electron chi connectivity index (χ3n) is 4.59. The lowest BCUT2D eigenvalue weighted by molar-refractivity contribution is 0.281. The van der Waals surface area contributed by atoms with Gasteiger partial charge in [-0.3, -0.25) is 0 Å². The minimum absolute atomic E-state index is 0.616. The molecule has 0 saturated carbocycles. The third kappa shape index (κ3) is 8.74. The Morgan fingerprint density at radius 2 is 1.80 bits per heavy atom. The molecule has 0 atom stereocenters. The van der Waals surface area contributed by atoms with Crippen molar-refractivity contribution in [3.63, 3.8) is 0 Å². The number of ether oxygens (including phenoxy) is 2. The number of hydrogen-bond donors (Lipinski definition) is 2. The summed E-state index contributed by atoms with van der Waals surface area (Å²) >= 11 is 0. The van der Waals surface area contributed by atoms with Gasteiger partial charge < -0.3 is 25.0 Å². The summed E-state index contributed by atoms with van der Waals surface area (Å²) in [6.45, 7) is 6.05. The number of benzene rings is 2. The lowest BCUT2D eigenvalue weighted by Crippen LogP contribution is -2.38. The van der Waals surface area contributed by atoms with E-state index in [4.69, 9.17) is 14.5 Å². The summed E-state index contributed by atoms with van der Waals surface area (Å²) in [5.74, 6) is 2.64. The maximum absolute atomic E-state index is 5.79. The number of para-hydroxylation sites is 1. The minimum atomic E-state index is 0.616. The van der Waals surface area contributed by atoms with Crippen LogP contribution in [-0.2, 0) is 13.0 Å². The first kappa shape index (κ1) is 23.5. The van der Waals surface area contributed by atoms with Crippen molar-refractivity contribution in [2.45, 2.75) is 26.3 Å². The van der Waals surface area contributed by atoms with E-state index in [-0.39, 0.29) is 0 Å². The topological polar surface area (TPSA) is 58.1 Å². The summed E-state index contributed by atoms with van der Waals surface area (Å²) in [5, 5.41) is 6.70. The molecule has 0 aromatic heterocycles. The monoisotopic (exact) mass is 412 g/mol. The van der Waals surface area contributed by atoms with E-state index in [2.05, 4.69) is 54.8 Å². The van der Waals surface area contributed by atoms with E-state index in [1.807, 2.05) is 30.3 Å². The molecule has 2 aromatic rings. The van der Waals surface area contributed by atoms with Crippen LogP contribution in [0.15, 0.2) is 53.5 Å². The van der Waals surface area contributed by atoms with Crippen LogP contribution in [0.5, 0.6) is 11.5 Å². The number of methoxy groups -OCH3 is 1. The molecule has 0 radical (unpaired) electrons. The molecule has 0 aliphatic carbocycles. The Morgan fingerprint density at radius 1 is 1.03 bits per heavy atom. The van der Waals surface area contributed by atoms with Gasteiger partial charge in [0.1, 0.15) is 11.5 Å². The van der Waals surface area contributed by atoms with Crippen molar-refractivity contribution in [3.05, 3.63) is 59.7 Å². The molecule has 0 amide bonds. The molecular formula is C24H36N4O2. The quantitative estimate of drug-likeness (QED) is 0.318. The van der Waals surface area contributed by atoms with Crippen LogP contribution < -0.4 is 20.1 Å². The lowest BCUT2D eigenvalue weighted by Gasteiger charge is -2.13. The standard InChI is InChI=1S/C24H36N4O2/c1-5-25-24(26-16-15-21-9-6-7-10-23(21)29-4)27-19-20-11-13-22(14-12-20)30-18-8-17-28(2)3/h6-7,9-14H,5,8,15-19H2,1-4H3,(H2,25,26,27). The molecule has 0 fully saturated rings. The number of aliphatic imine (C=N–C) groups is 1. The highest BCUT2D eigenvalue weighted by molar-refractivity contribution is 5.79. The normalized spacial score (nSPS) is 11.4. The predicted molar refractivity (Wildman–Crippen MR) is 125 cm³/mol. The molecule has 2 N–H and O–H groups in total. The molecule has 0 heterocycles. The highest BCUT2D eigenvalue weighted by Gasteiger charge is 2.03. The molecular weight excluding hydrogens is 376 g/mol. The third-order valence-corrected chi connectivity index (χ3v) is 4.59. The SMILES string of the molecule is CCNC(=NCc1ccc(OCCCN(C)C)cc1)NCCc1ccccc1OC. The van der Waals surface area contributed by atoms with E-state index in [0.29, 0.717) is 6.54 Å². The fourth-order valence-electron chi connectivity index (χ4n) is 3.00. The Kier molecular flexibility index (Phi) is 10.6. The zero-order valence-corrected chi connectivity index (χ0v) is 18.8. The summed E-state index contributed by atoms with van der Waals surface area (Å²) in [5.41, 5.74) is 2.34. The zero-order valence-electron chi connectivity index (χ0n) is 18.8. The number of guanidine groups is 1. The van der Waals surface area contributed by atoms with Crippen LogP contribution in [0.4, 0.5) is 0 Å². The first-order valence-electron chi connectivity index (χ1n) is 10.6.